The second-order valence-corrected chi connectivity index (χ2v) is 5.97. The second-order valence-electron chi connectivity index (χ2n) is 5.97. The molecule has 1 heterocycles. The Bertz CT molecular complexity index is 498. The third-order valence-electron chi connectivity index (χ3n) is 4.07. The predicted molar refractivity (Wildman–Crippen MR) is 83.0 cm³/mol. The zero-order valence-electron chi connectivity index (χ0n) is 12.7. The maximum Gasteiger partial charge on any atom is 0.250 e. The number of hydrogen-bond acceptors (Lipinski definition) is 3. The van der Waals surface area contributed by atoms with Crippen molar-refractivity contribution in [2.24, 2.45) is 11.7 Å². The summed E-state index contributed by atoms with van der Waals surface area (Å²) >= 11 is 0. The monoisotopic (exact) mass is 293 g/mol. The number of carbonyl (C=O) groups is 1. The number of nitrogens with one attached hydrogen (secondary N) is 1. The molecule has 1 aliphatic heterocycles. The van der Waals surface area contributed by atoms with Gasteiger partial charge in [0.05, 0.1) is 5.56 Å². The minimum atomic E-state index is -0.583. The minimum Gasteiger partial charge on any atom is -0.368 e. The van der Waals surface area contributed by atoms with E-state index in [-0.39, 0.29) is 11.6 Å². The number of primary amides is 1. The number of nitrogens with zero attached hydrogens (tertiary/aromatic N) is 1. The van der Waals surface area contributed by atoms with E-state index in [4.69, 9.17) is 5.73 Å². The molecule has 0 radical (unpaired) electrons. The largest absolute Gasteiger partial charge is 0.368 e. The highest BCUT2D eigenvalue weighted by Crippen LogP contribution is 2.26. The first-order chi connectivity index (χ1) is 9.99. The predicted octanol–water partition coefficient (Wildman–Crippen LogP) is 2.14. The molecule has 116 valence electrons. The molecule has 1 aromatic carbocycles. The SMILES string of the molecule is CC(C)N(CC1CCNCC1)c1ccc(F)cc1C(N)=O. The first-order valence-corrected chi connectivity index (χ1v) is 7.55. The van der Waals surface area contributed by atoms with Crippen LogP contribution in [0.4, 0.5) is 10.1 Å². The van der Waals surface area contributed by atoms with E-state index in [2.05, 4.69) is 24.1 Å². The molecule has 1 saturated heterocycles. The molecule has 0 aromatic heterocycles. The van der Waals surface area contributed by atoms with Gasteiger partial charge in [0.15, 0.2) is 0 Å². The van der Waals surface area contributed by atoms with Gasteiger partial charge in [-0.2, -0.15) is 0 Å². The highest BCUT2D eigenvalue weighted by Gasteiger charge is 2.22. The van der Waals surface area contributed by atoms with Crippen molar-refractivity contribution in [1.29, 1.82) is 0 Å². The maximum atomic E-state index is 13.4. The van der Waals surface area contributed by atoms with Crippen molar-refractivity contribution in [2.45, 2.75) is 32.7 Å². The summed E-state index contributed by atoms with van der Waals surface area (Å²) in [6.07, 6.45) is 2.24. The topological polar surface area (TPSA) is 58.4 Å². The molecule has 21 heavy (non-hydrogen) atoms. The van der Waals surface area contributed by atoms with Crippen molar-refractivity contribution >= 4 is 11.6 Å². The zero-order valence-corrected chi connectivity index (χ0v) is 12.7. The molecule has 1 aromatic rings. The van der Waals surface area contributed by atoms with E-state index < -0.39 is 11.7 Å². The average Bonchev–Trinajstić information content (AvgIpc) is 2.46. The minimum absolute atomic E-state index is 0.225. The molecule has 0 bridgehead atoms. The number of amides is 1. The summed E-state index contributed by atoms with van der Waals surface area (Å²) in [6.45, 7) is 7.08. The number of piperidine rings is 1. The quantitative estimate of drug-likeness (QED) is 0.874. The van der Waals surface area contributed by atoms with Crippen LogP contribution in [0.15, 0.2) is 18.2 Å². The lowest BCUT2D eigenvalue weighted by atomic mass is 9.96. The Balaban J connectivity index is 2.27. The third kappa shape index (κ3) is 3.94. The van der Waals surface area contributed by atoms with Crippen LogP contribution in [-0.2, 0) is 0 Å². The number of anilines is 1. The highest BCUT2D eigenvalue weighted by molar-refractivity contribution is 5.98. The summed E-state index contributed by atoms with van der Waals surface area (Å²) in [5, 5.41) is 3.35. The van der Waals surface area contributed by atoms with Crippen LogP contribution in [-0.4, -0.2) is 31.6 Å². The van der Waals surface area contributed by atoms with Gasteiger partial charge in [0.2, 0.25) is 0 Å². The molecule has 4 nitrogen and oxygen atoms in total. The molecule has 1 amide bonds. The van der Waals surface area contributed by atoms with E-state index in [1.54, 1.807) is 6.07 Å². The Labute approximate surface area is 125 Å². The molecule has 1 aliphatic rings. The Morgan fingerprint density at radius 1 is 1.43 bits per heavy atom. The van der Waals surface area contributed by atoms with Crippen LogP contribution >= 0.6 is 0 Å². The van der Waals surface area contributed by atoms with Gasteiger partial charge in [0.1, 0.15) is 5.82 Å². The fraction of sp³-hybridized carbons (Fsp3) is 0.562. The summed E-state index contributed by atoms with van der Waals surface area (Å²) in [6, 6.07) is 4.51. The van der Waals surface area contributed by atoms with Gasteiger partial charge in [0.25, 0.3) is 5.91 Å². The lowest BCUT2D eigenvalue weighted by Gasteiger charge is -2.35. The molecule has 0 saturated carbocycles. The van der Waals surface area contributed by atoms with Crippen molar-refractivity contribution in [3.8, 4) is 0 Å². The van der Waals surface area contributed by atoms with E-state index in [1.165, 1.54) is 12.1 Å². The molecule has 5 heteroatoms. The van der Waals surface area contributed by atoms with Gasteiger partial charge < -0.3 is 16.0 Å². The molecule has 2 rings (SSSR count). The van der Waals surface area contributed by atoms with Crippen LogP contribution in [0.2, 0.25) is 0 Å². The van der Waals surface area contributed by atoms with E-state index >= 15 is 0 Å². The Hall–Kier alpha value is -1.62. The Morgan fingerprint density at radius 2 is 2.10 bits per heavy atom. The van der Waals surface area contributed by atoms with Crippen molar-refractivity contribution in [1.82, 2.24) is 5.32 Å². The van der Waals surface area contributed by atoms with Crippen LogP contribution < -0.4 is 16.0 Å². The maximum absolute atomic E-state index is 13.4. The van der Waals surface area contributed by atoms with Gasteiger partial charge in [0, 0.05) is 18.3 Å². The lowest BCUT2D eigenvalue weighted by Crippen LogP contribution is -2.40. The lowest BCUT2D eigenvalue weighted by molar-refractivity contribution is 0.1000. The van der Waals surface area contributed by atoms with Crippen molar-refractivity contribution in [3.63, 3.8) is 0 Å². The van der Waals surface area contributed by atoms with E-state index in [0.717, 1.165) is 38.2 Å². The molecule has 0 spiro atoms. The van der Waals surface area contributed by atoms with E-state index in [0.29, 0.717) is 5.92 Å². The molecule has 0 atom stereocenters. The first kappa shape index (κ1) is 15.8. The molecule has 1 fully saturated rings. The van der Waals surface area contributed by atoms with Crippen molar-refractivity contribution in [3.05, 3.63) is 29.6 Å². The Morgan fingerprint density at radius 3 is 2.67 bits per heavy atom. The summed E-state index contributed by atoms with van der Waals surface area (Å²) in [5.41, 5.74) is 6.41. The van der Waals surface area contributed by atoms with Crippen molar-refractivity contribution in [2.75, 3.05) is 24.5 Å². The van der Waals surface area contributed by atoms with Gasteiger partial charge in [-0.1, -0.05) is 0 Å². The molecular formula is C16H24FN3O. The fourth-order valence-corrected chi connectivity index (χ4v) is 2.89. The molecule has 3 N–H and O–H groups in total. The number of halogens is 1. The van der Waals surface area contributed by atoms with E-state index in [1.807, 2.05) is 0 Å². The van der Waals surface area contributed by atoms with Crippen LogP contribution in [0.3, 0.4) is 0 Å². The number of benzene rings is 1. The summed E-state index contributed by atoms with van der Waals surface area (Å²) in [7, 11) is 0. The van der Waals surface area contributed by atoms with Crippen LogP contribution in [0.5, 0.6) is 0 Å². The fourth-order valence-electron chi connectivity index (χ4n) is 2.89. The normalized spacial score (nSPS) is 16.2. The first-order valence-electron chi connectivity index (χ1n) is 7.55. The van der Waals surface area contributed by atoms with Crippen molar-refractivity contribution < 1.29 is 9.18 Å². The number of rotatable bonds is 5. The van der Waals surface area contributed by atoms with Gasteiger partial charge in [-0.05, 0) is 63.9 Å². The summed E-state index contributed by atoms with van der Waals surface area (Å²) < 4.78 is 13.4. The molecule has 0 aliphatic carbocycles. The van der Waals surface area contributed by atoms with Crippen LogP contribution in [0.1, 0.15) is 37.0 Å². The number of nitrogens with two attached hydrogens (primary N) is 1. The van der Waals surface area contributed by atoms with Crippen LogP contribution in [0, 0.1) is 11.7 Å². The van der Waals surface area contributed by atoms with Gasteiger partial charge in [-0.25, -0.2) is 4.39 Å². The zero-order chi connectivity index (χ0) is 15.4. The van der Waals surface area contributed by atoms with Gasteiger partial charge in [-0.15, -0.1) is 0 Å². The summed E-state index contributed by atoms with van der Waals surface area (Å²) in [5.74, 6) is -0.432. The van der Waals surface area contributed by atoms with Gasteiger partial charge >= 0.3 is 0 Å². The second kappa shape index (κ2) is 6.89. The third-order valence-corrected chi connectivity index (χ3v) is 4.07. The van der Waals surface area contributed by atoms with E-state index in [9.17, 15) is 9.18 Å². The average molecular weight is 293 g/mol. The van der Waals surface area contributed by atoms with Gasteiger partial charge in [-0.3, -0.25) is 4.79 Å². The summed E-state index contributed by atoms with van der Waals surface area (Å²) in [4.78, 5) is 13.8. The Kier molecular flexibility index (Phi) is 5.17. The number of hydrogen-bond donors (Lipinski definition) is 2. The highest BCUT2D eigenvalue weighted by atomic mass is 19.1. The molecule has 0 unspecified atom stereocenters. The standard InChI is InChI=1S/C16H24FN3O/c1-11(2)20(10-12-5-7-19-8-6-12)15-4-3-13(17)9-14(15)16(18)21/h3-4,9,11-12,19H,5-8,10H2,1-2H3,(H2,18,21). The molecular weight excluding hydrogens is 269 g/mol. The number of carbonyl (C=O) groups excluding carboxylic acids is 1. The smallest absolute Gasteiger partial charge is 0.250 e. The van der Waals surface area contributed by atoms with Crippen LogP contribution in [0.25, 0.3) is 0 Å².